The fraction of sp³-hybridized carbons (Fsp3) is 0.933. The molecular weight excluding hydrogens is 260 g/mol. The number of nitrogens with two attached hydrogens (primary N) is 1. The molecule has 2 aliphatic carbocycles. The van der Waals surface area contributed by atoms with E-state index < -0.39 is 0 Å². The maximum atomic E-state index is 12.4. The topological polar surface area (TPSA) is 46.3 Å². The molecule has 3 rings (SSSR count). The number of carbonyl (C=O) groups is 1. The molecule has 2 bridgehead atoms. The largest absolute Gasteiger partial charge is 0.342 e. The third kappa shape index (κ3) is 2.92. The van der Waals surface area contributed by atoms with E-state index in [1.807, 2.05) is 0 Å². The molecule has 3 fully saturated rings. The van der Waals surface area contributed by atoms with Gasteiger partial charge in [0.05, 0.1) is 0 Å². The summed E-state index contributed by atoms with van der Waals surface area (Å²) in [5.41, 5.74) is 5.98. The molecule has 1 aliphatic heterocycles. The van der Waals surface area contributed by atoms with Gasteiger partial charge in [-0.3, -0.25) is 4.79 Å². The summed E-state index contributed by atoms with van der Waals surface area (Å²) in [4.78, 5) is 14.4. The van der Waals surface area contributed by atoms with Crippen molar-refractivity contribution in [1.29, 1.82) is 0 Å². The lowest BCUT2D eigenvalue weighted by Gasteiger charge is -2.26. The van der Waals surface area contributed by atoms with Crippen LogP contribution in [-0.2, 0) is 4.79 Å². The standard InChI is InChI=1S/C15H26N2O.ClH/c1-15(9-16)4-5-17(10-15)14(18)8-13-7-11-2-3-12(13)6-11;/h11-13H,2-10,16H2,1H3;1H. The summed E-state index contributed by atoms with van der Waals surface area (Å²) in [5, 5.41) is 0. The minimum absolute atomic E-state index is 0. The quantitative estimate of drug-likeness (QED) is 0.866. The first-order valence-corrected chi connectivity index (χ1v) is 7.57. The average molecular weight is 287 g/mol. The first-order valence-electron chi connectivity index (χ1n) is 7.57. The van der Waals surface area contributed by atoms with Crippen molar-refractivity contribution in [3.05, 3.63) is 0 Å². The van der Waals surface area contributed by atoms with Crippen molar-refractivity contribution in [3.63, 3.8) is 0 Å². The summed E-state index contributed by atoms with van der Waals surface area (Å²) in [7, 11) is 0. The van der Waals surface area contributed by atoms with Crippen LogP contribution in [0.3, 0.4) is 0 Å². The summed E-state index contributed by atoms with van der Waals surface area (Å²) in [6.07, 6.45) is 7.40. The normalized spacial score (nSPS) is 40.5. The molecular formula is C15H27ClN2O. The van der Waals surface area contributed by atoms with Crippen LogP contribution in [-0.4, -0.2) is 30.4 Å². The molecule has 4 heteroatoms. The molecule has 2 saturated carbocycles. The number of hydrogen-bond acceptors (Lipinski definition) is 2. The van der Waals surface area contributed by atoms with E-state index in [0.717, 1.165) is 37.8 Å². The molecule has 3 nitrogen and oxygen atoms in total. The Kier molecular flexibility index (Phi) is 4.46. The molecule has 4 unspecified atom stereocenters. The monoisotopic (exact) mass is 286 g/mol. The zero-order valence-corrected chi connectivity index (χ0v) is 12.8. The van der Waals surface area contributed by atoms with Gasteiger partial charge in [-0.15, -0.1) is 12.4 Å². The van der Waals surface area contributed by atoms with Crippen LogP contribution in [0, 0.1) is 23.2 Å². The Hall–Kier alpha value is -0.280. The zero-order chi connectivity index (χ0) is 12.8. The third-order valence-electron chi connectivity index (χ3n) is 5.72. The Morgan fingerprint density at radius 1 is 1.37 bits per heavy atom. The van der Waals surface area contributed by atoms with E-state index in [-0.39, 0.29) is 17.8 Å². The molecule has 110 valence electrons. The predicted octanol–water partition coefficient (Wildman–Crippen LogP) is 2.43. The zero-order valence-electron chi connectivity index (χ0n) is 11.9. The van der Waals surface area contributed by atoms with Gasteiger partial charge in [0, 0.05) is 19.5 Å². The van der Waals surface area contributed by atoms with Crippen LogP contribution in [0.4, 0.5) is 0 Å². The number of fused-ring (bicyclic) bond motifs is 2. The van der Waals surface area contributed by atoms with Gasteiger partial charge in [0.15, 0.2) is 0 Å². The number of amides is 1. The molecule has 1 saturated heterocycles. The van der Waals surface area contributed by atoms with Gasteiger partial charge in [-0.2, -0.15) is 0 Å². The number of halogens is 1. The fourth-order valence-electron chi connectivity index (χ4n) is 4.38. The van der Waals surface area contributed by atoms with Crippen molar-refractivity contribution in [2.45, 2.75) is 45.4 Å². The molecule has 4 atom stereocenters. The van der Waals surface area contributed by atoms with Crippen molar-refractivity contribution in [2.24, 2.45) is 28.9 Å². The molecule has 0 aromatic rings. The van der Waals surface area contributed by atoms with Crippen molar-refractivity contribution >= 4 is 18.3 Å². The van der Waals surface area contributed by atoms with E-state index in [4.69, 9.17) is 5.73 Å². The minimum atomic E-state index is 0. The Labute approximate surface area is 122 Å². The fourth-order valence-corrected chi connectivity index (χ4v) is 4.38. The second-order valence-corrected chi connectivity index (χ2v) is 7.22. The molecule has 2 N–H and O–H groups in total. The van der Waals surface area contributed by atoms with Gasteiger partial charge in [-0.1, -0.05) is 13.3 Å². The van der Waals surface area contributed by atoms with Crippen LogP contribution in [0.25, 0.3) is 0 Å². The van der Waals surface area contributed by atoms with Gasteiger partial charge < -0.3 is 10.6 Å². The number of hydrogen-bond donors (Lipinski definition) is 1. The van der Waals surface area contributed by atoms with Crippen molar-refractivity contribution in [2.75, 3.05) is 19.6 Å². The van der Waals surface area contributed by atoms with Crippen molar-refractivity contribution in [1.82, 2.24) is 4.90 Å². The number of rotatable bonds is 3. The lowest BCUT2D eigenvalue weighted by molar-refractivity contribution is -0.131. The number of likely N-dealkylation sites (tertiary alicyclic amines) is 1. The second-order valence-electron chi connectivity index (χ2n) is 7.22. The van der Waals surface area contributed by atoms with Crippen molar-refractivity contribution < 1.29 is 4.79 Å². The third-order valence-corrected chi connectivity index (χ3v) is 5.72. The highest BCUT2D eigenvalue weighted by molar-refractivity contribution is 5.85. The van der Waals surface area contributed by atoms with Gasteiger partial charge in [0.2, 0.25) is 5.91 Å². The van der Waals surface area contributed by atoms with E-state index in [9.17, 15) is 4.79 Å². The molecule has 19 heavy (non-hydrogen) atoms. The van der Waals surface area contributed by atoms with E-state index >= 15 is 0 Å². The summed E-state index contributed by atoms with van der Waals surface area (Å²) in [6, 6.07) is 0. The lowest BCUT2D eigenvalue weighted by atomic mass is 9.86. The SMILES string of the molecule is CC1(CN)CCN(C(=O)CC2CC3CCC2C3)C1.Cl. The van der Waals surface area contributed by atoms with E-state index in [1.165, 1.54) is 25.7 Å². The van der Waals surface area contributed by atoms with Crippen molar-refractivity contribution in [3.8, 4) is 0 Å². The molecule has 0 aromatic heterocycles. The van der Waals surface area contributed by atoms with Crippen LogP contribution >= 0.6 is 12.4 Å². The smallest absolute Gasteiger partial charge is 0.222 e. The van der Waals surface area contributed by atoms with E-state index in [1.54, 1.807) is 0 Å². The molecule has 1 heterocycles. The Morgan fingerprint density at radius 3 is 2.68 bits per heavy atom. The Morgan fingerprint density at radius 2 is 2.16 bits per heavy atom. The Bertz CT molecular complexity index is 349. The van der Waals surface area contributed by atoms with Gasteiger partial charge >= 0.3 is 0 Å². The highest BCUT2D eigenvalue weighted by atomic mass is 35.5. The van der Waals surface area contributed by atoms with Crippen LogP contribution in [0.5, 0.6) is 0 Å². The molecule has 3 aliphatic rings. The number of nitrogens with zero attached hydrogens (tertiary/aromatic N) is 1. The molecule has 1 amide bonds. The van der Waals surface area contributed by atoms with Gasteiger partial charge in [-0.05, 0) is 55.4 Å². The average Bonchev–Trinajstić information content (AvgIpc) is 3.04. The summed E-state index contributed by atoms with van der Waals surface area (Å²) >= 11 is 0. The maximum absolute atomic E-state index is 12.4. The first kappa shape index (κ1) is 15.1. The van der Waals surface area contributed by atoms with Crippen LogP contribution in [0.1, 0.15) is 45.4 Å². The first-order chi connectivity index (χ1) is 8.59. The maximum Gasteiger partial charge on any atom is 0.222 e. The van der Waals surface area contributed by atoms with Gasteiger partial charge in [0.1, 0.15) is 0 Å². The predicted molar refractivity (Wildman–Crippen MR) is 79.2 cm³/mol. The number of carbonyl (C=O) groups excluding carboxylic acids is 1. The van der Waals surface area contributed by atoms with Gasteiger partial charge in [0.25, 0.3) is 0 Å². The highest BCUT2D eigenvalue weighted by Crippen LogP contribution is 2.49. The molecule has 0 spiro atoms. The van der Waals surface area contributed by atoms with E-state index in [2.05, 4.69) is 11.8 Å². The lowest BCUT2D eigenvalue weighted by Crippen LogP contribution is -2.35. The van der Waals surface area contributed by atoms with E-state index in [0.29, 0.717) is 18.4 Å². The van der Waals surface area contributed by atoms with Gasteiger partial charge in [-0.25, -0.2) is 0 Å². The van der Waals surface area contributed by atoms with Crippen LogP contribution in [0.2, 0.25) is 0 Å². The molecule has 0 radical (unpaired) electrons. The summed E-state index contributed by atoms with van der Waals surface area (Å²) < 4.78 is 0. The van der Waals surface area contributed by atoms with Crippen LogP contribution < -0.4 is 5.73 Å². The highest BCUT2D eigenvalue weighted by Gasteiger charge is 2.42. The second kappa shape index (κ2) is 5.61. The van der Waals surface area contributed by atoms with Crippen LogP contribution in [0.15, 0.2) is 0 Å². The Balaban J connectivity index is 0.00000133. The summed E-state index contributed by atoms with van der Waals surface area (Å²) in [6.45, 7) is 4.71. The minimum Gasteiger partial charge on any atom is -0.342 e. The molecule has 0 aromatic carbocycles. The summed E-state index contributed by atoms with van der Waals surface area (Å²) in [5.74, 6) is 2.90.